The van der Waals surface area contributed by atoms with Crippen LogP contribution in [-0.2, 0) is 49.5 Å². The molecule has 26 nitrogen and oxygen atoms in total. The van der Waals surface area contributed by atoms with Crippen molar-refractivity contribution in [1.82, 2.24) is 50.2 Å². The molecule has 14 rings (SSSR count). The van der Waals surface area contributed by atoms with Gasteiger partial charge in [-0.25, -0.2) is 77.5 Å². The molecule has 0 radical (unpaired) electrons. The number of esters is 4. The molecule has 0 atom stereocenters. The van der Waals surface area contributed by atoms with E-state index in [4.69, 9.17) is 120 Å². The molecule has 2 fully saturated rings. The van der Waals surface area contributed by atoms with Gasteiger partial charge in [0.05, 0.1) is 101 Å². The molecule has 12 aromatic rings. The van der Waals surface area contributed by atoms with Crippen molar-refractivity contribution in [2.24, 2.45) is 5.73 Å². The SMILES string of the molecule is CC(=O)c1cc(F)cc(Cl)c1.CCOC(=O)/C=C(\[O-])c1cc(F)cc(Cl)c1.CCOC(=O)C(=O)OCC.CCOC(=O)c1cc(-c2cc(F)cc(Cl)c2)n(-c2ccc(F)c(Cl)c2)n1.NCc1ccc(F)c(Cl)c1.O=C(O)c1cc(-c2cc(F)cc(Cl)c2)n(-c2ccc(F)c(Cl)c2)n1.O=C1CN(C(=O)c2cc(-c3cc(F)cc(Cl)c3)n(-c3ccc(F)c(Cl)c3)n2)CN1.O=C1CNCN1.[Li+]. The number of carbonyl (C=O) groups is 9. The Morgan fingerprint density at radius 2 is 0.820 bits per heavy atom. The third-order valence-electron chi connectivity index (χ3n) is 16.6. The fourth-order valence-electron chi connectivity index (χ4n) is 10.9. The van der Waals surface area contributed by atoms with Gasteiger partial charge < -0.3 is 50.4 Å². The van der Waals surface area contributed by atoms with Crippen molar-refractivity contribution < 1.29 is 131 Å². The Morgan fingerprint density at radius 1 is 0.451 bits per heavy atom. The van der Waals surface area contributed by atoms with Gasteiger partial charge in [0.1, 0.15) is 58.9 Å². The van der Waals surface area contributed by atoms with Gasteiger partial charge in [-0.15, -0.1) is 0 Å². The number of ether oxygens (including phenoxy) is 4. The van der Waals surface area contributed by atoms with Crippen LogP contribution >= 0.6 is 104 Å². The van der Waals surface area contributed by atoms with Crippen LogP contribution < -0.4 is 45.7 Å². The Balaban J connectivity index is 0.000000244. The van der Waals surface area contributed by atoms with Gasteiger partial charge in [0.2, 0.25) is 11.8 Å². The van der Waals surface area contributed by atoms with Crippen molar-refractivity contribution in [2.75, 3.05) is 52.9 Å². The van der Waals surface area contributed by atoms with Crippen molar-refractivity contribution in [1.29, 1.82) is 0 Å². The van der Waals surface area contributed by atoms with Gasteiger partial charge in [-0.05, 0) is 222 Å². The Labute approximate surface area is 808 Å². The number of ketones is 1. The minimum atomic E-state index is -1.26. The molecule has 45 heteroatoms. The van der Waals surface area contributed by atoms with E-state index >= 15 is 0 Å². The Morgan fingerprint density at radius 3 is 1.16 bits per heavy atom. The number of carboxylic acid groups (broad SMARTS) is 1. The molecule has 9 aromatic carbocycles. The maximum absolute atomic E-state index is 13.9. The van der Waals surface area contributed by atoms with Crippen molar-refractivity contribution in [2.45, 2.75) is 41.2 Å². The maximum atomic E-state index is 13.9. The fourth-order valence-corrected chi connectivity index (χ4v) is 12.7. The number of halogens is 18. The van der Waals surface area contributed by atoms with Gasteiger partial charge in [0.15, 0.2) is 22.9 Å². The number of nitrogens with one attached hydrogen (secondary N) is 3. The summed E-state index contributed by atoms with van der Waals surface area (Å²) in [5, 5.41) is 41.5. The zero-order valence-corrected chi connectivity index (χ0v) is 76.7. The summed E-state index contributed by atoms with van der Waals surface area (Å²) in [6.45, 7) is 10.1. The normalized spacial score (nSPS) is 11.5. The van der Waals surface area contributed by atoms with E-state index in [1.165, 1.54) is 147 Å². The second kappa shape index (κ2) is 53.1. The molecule has 5 heterocycles. The van der Waals surface area contributed by atoms with Crippen molar-refractivity contribution in [3.8, 4) is 50.8 Å². The average molecular weight is 2020 g/mol. The largest absolute Gasteiger partial charge is 1.00 e. The summed E-state index contributed by atoms with van der Waals surface area (Å²) in [5.74, 6) is -11.1. The van der Waals surface area contributed by atoms with E-state index in [-0.39, 0.29) is 150 Å². The molecule has 2 aliphatic heterocycles. The second-order valence-electron chi connectivity index (χ2n) is 26.3. The van der Waals surface area contributed by atoms with Gasteiger partial charge in [-0.3, -0.25) is 24.5 Å². The minimum Gasteiger partial charge on any atom is -0.872 e. The zero-order chi connectivity index (χ0) is 97.5. The molecule has 0 bridgehead atoms. The Bertz CT molecular complexity index is 6160. The van der Waals surface area contributed by atoms with Crippen molar-refractivity contribution in [3.05, 3.63) is 319 Å². The van der Waals surface area contributed by atoms with E-state index in [0.29, 0.717) is 70.5 Å². The second-order valence-corrected chi connectivity index (χ2v) is 30.1. The third kappa shape index (κ3) is 33.9. The van der Waals surface area contributed by atoms with Crippen LogP contribution in [0.2, 0.25) is 45.2 Å². The minimum absolute atomic E-state index is 0. The number of carbonyl (C=O) groups excluding carboxylic acids is 8. The Hall–Kier alpha value is -11.9. The standard InChI is InChI=1S/C19H12Cl2F2N4O2.C18H12Cl2F2N2O2.C16H8Cl2F2N2O2.C11H10ClFO3.C8H6ClFO.C7H7ClFN.C6H10O4.C3H6N2O.Li/c20-11-3-10(4-12(22)5-11)17-7-16(19(29)26-8-18(28)24-9-26)25-27(17)13-1-2-15(23)14(21)6-13;1-2-26-18(25)16-9-17(10-5-11(19)7-12(21)6-10)24(23-16)13-3-4-15(22)14(20)8-13;17-9-3-8(4-10(19)5-9)15-7-14(16(23)24)21-22(15)11-1-2-13(20)12(18)6-11;1-2-16-11(15)6-10(14)7-3-8(12)5-9(13)4-7;1-5(11)6-2-7(9)4-8(10)3-6;8-6-3-5(4-10)1-2-7(6)9;1-3-9-5(7)6(8)10-4-2;6-3-1-4-2-5-3;/h1-7H,8-9H2,(H,24,28);3-9H,2H2,1H3;1-7H,(H,23,24);3-6,14H,2H2,1H3;2-4H,1H3;1-3H,4,10H2;3-4H2,1-2H3;4H,1-2H2,(H,5,6);/q;;;;;;;;+1/p-1/b;;;10-6-;;;;;. The van der Waals surface area contributed by atoms with E-state index in [9.17, 15) is 87.8 Å². The summed E-state index contributed by atoms with van der Waals surface area (Å²) in [6, 6.07) is 39.0. The molecule has 3 amide bonds. The average Bonchev–Trinajstić information content (AvgIpc) is 1.66. The van der Waals surface area contributed by atoms with Crippen LogP contribution in [0.5, 0.6) is 0 Å². The fraction of sp³-hybridized carbons (Fsp3) is 0.159. The van der Waals surface area contributed by atoms with Crippen LogP contribution in [0.25, 0.3) is 56.6 Å². The molecule has 694 valence electrons. The van der Waals surface area contributed by atoms with Gasteiger partial charge in [0.25, 0.3) is 5.91 Å². The number of hydrogen-bond acceptors (Lipinski definition) is 19. The molecule has 2 aliphatic rings. The van der Waals surface area contributed by atoms with Gasteiger partial charge in [0, 0.05) is 60.0 Å². The maximum Gasteiger partial charge on any atom is 1.00 e. The molecule has 0 saturated carbocycles. The first-order valence-electron chi connectivity index (χ1n) is 38.0. The number of Topliss-reactive ketones (excluding diaryl/α,β-unsaturated/α-hetero) is 1. The molecule has 0 spiro atoms. The first-order valence-corrected chi connectivity index (χ1v) is 41.4. The first-order chi connectivity index (χ1) is 62.5. The van der Waals surface area contributed by atoms with Crippen LogP contribution in [0.3, 0.4) is 0 Å². The van der Waals surface area contributed by atoms with E-state index in [1.54, 1.807) is 33.8 Å². The van der Waals surface area contributed by atoms with Crippen LogP contribution in [0, 0.1) is 52.4 Å². The summed E-state index contributed by atoms with van der Waals surface area (Å²) < 4.78 is 142. The van der Waals surface area contributed by atoms with E-state index in [2.05, 4.69) is 45.5 Å². The van der Waals surface area contributed by atoms with Crippen LogP contribution in [0.15, 0.2) is 188 Å². The van der Waals surface area contributed by atoms with Gasteiger partial charge in [-0.1, -0.05) is 116 Å². The number of rotatable bonds is 17. The predicted octanol–water partition coefficient (Wildman–Crippen LogP) is 15.9. The summed E-state index contributed by atoms with van der Waals surface area (Å²) in [7, 11) is 0. The van der Waals surface area contributed by atoms with E-state index in [0.717, 1.165) is 66.2 Å². The number of hydrogen-bond donors (Lipinski definition) is 5. The molecular weight excluding hydrogens is 1950 g/mol. The molecule has 133 heavy (non-hydrogen) atoms. The van der Waals surface area contributed by atoms with Gasteiger partial charge >= 0.3 is 48.7 Å². The van der Waals surface area contributed by atoms with E-state index < -0.39 is 93.9 Å². The topological polar surface area (TPSA) is 353 Å². The molecule has 3 aromatic heterocycles. The van der Waals surface area contributed by atoms with Crippen LogP contribution in [-0.4, -0.2) is 146 Å². The number of aromatic carboxylic acids is 1. The monoisotopic (exact) mass is 2010 g/mol. The summed E-state index contributed by atoms with van der Waals surface area (Å²) in [4.78, 5) is 101. The number of nitrogens with zero attached hydrogens (tertiary/aromatic N) is 7. The van der Waals surface area contributed by atoms with Crippen LogP contribution in [0.1, 0.15) is 87.6 Å². The molecular formula is C88H70Cl9F9LiN11O15. The predicted molar refractivity (Wildman–Crippen MR) is 475 cm³/mol. The number of benzene rings is 9. The molecule has 0 unspecified atom stereocenters. The van der Waals surface area contributed by atoms with Crippen molar-refractivity contribution in [3.63, 3.8) is 0 Å². The molecule has 2 saturated heterocycles. The van der Waals surface area contributed by atoms with Gasteiger partial charge in [-0.2, -0.15) is 15.3 Å². The number of carboxylic acids is 1. The van der Waals surface area contributed by atoms with Crippen molar-refractivity contribution >= 4 is 164 Å². The number of aromatic nitrogens is 6. The number of nitrogens with two attached hydrogens (primary N) is 1. The molecule has 0 aliphatic carbocycles. The quantitative estimate of drug-likeness (QED) is 0.00826. The summed E-state index contributed by atoms with van der Waals surface area (Å²) in [5.41, 5.74) is 9.36. The first kappa shape index (κ1) is 110. The zero-order valence-electron chi connectivity index (χ0n) is 69.9. The summed E-state index contributed by atoms with van der Waals surface area (Å²) >= 11 is 51.8. The number of amides is 3. The summed E-state index contributed by atoms with van der Waals surface area (Å²) in [6.07, 6.45) is 0.759. The van der Waals surface area contributed by atoms with Crippen LogP contribution in [0.4, 0.5) is 39.5 Å². The smallest absolute Gasteiger partial charge is 0.872 e. The molecule has 6 N–H and O–H groups in total. The Kier molecular flexibility index (Phi) is 43.8. The van der Waals surface area contributed by atoms with E-state index in [1.807, 2.05) is 0 Å². The third-order valence-corrected chi connectivity index (χ3v) is 18.9.